The van der Waals surface area contributed by atoms with E-state index in [0.717, 1.165) is 0 Å². The van der Waals surface area contributed by atoms with E-state index in [1.165, 1.54) is 0 Å². The van der Waals surface area contributed by atoms with Gasteiger partial charge in [-0.15, -0.1) is 0 Å². The lowest BCUT2D eigenvalue weighted by atomic mass is 11.8. The summed E-state index contributed by atoms with van der Waals surface area (Å²) < 4.78 is 0. The van der Waals surface area contributed by atoms with E-state index in [2.05, 4.69) is 26.7 Å². The molecule has 0 atom stereocenters. The molecule has 0 radical (unpaired) electrons. The molecule has 1 N–H and O–H groups in total. The first kappa shape index (κ1) is 10.6. The van der Waals surface area contributed by atoms with Crippen LogP contribution in [-0.2, 0) is 0 Å². The van der Waals surface area contributed by atoms with Gasteiger partial charge in [0, 0.05) is 33.9 Å². The molecule has 0 rings (SSSR count). The van der Waals surface area contributed by atoms with Crippen LogP contribution in [0.2, 0.25) is 0 Å². The summed E-state index contributed by atoms with van der Waals surface area (Å²) >= 11 is 0. The van der Waals surface area contributed by atoms with Gasteiger partial charge in [0.05, 0.1) is 0 Å². The Kier molecular flexibility index (Phi) is 7.18. The largest absolute Gasteiger partial charge is 0.442 e. The van der Waals surface area contributed by atoms with E-state index < -0.39 is 0 Å². The third kappa shape index (κ3) is 381. The highest BCUT2D eigenvalue weighted by molar-refractivity contribution is 7.72. The fourth-order valence-corrected chi connectivity index (χ4v) is 0. The maximum atomic E-state index is 7.14. The third-order valence-electron chi connectivity index (χ3n) is 0. The number of hydrogen-bond acceptors (Lipinski definition) is 1. The molecule has 0 saturated carbocycles. The molecule has 46 valence electrons. The molecule has 0 aliphatic rings. The van der Waals surface area contributed by atoms with Crippen LogP contribution in [0, 0.1) is 0 Å². The van der Waals surface area contributed by atoms with Crippen molar-refractivity contribution in [3.8, 4) is 0 Å². The van der Waals surface area contributed by atoms with Gasteiger partial charge < -0.3 is 4.80 Å². The van der Waals surface area contributed by atoms with Gasteiger partial charge in [-0.1, -0.05) is 0 Å². The predicted octanol–water partition coefficient (Wildman–Crippen LogP) is -0.218. The normalized spacial score (nSPS) is 9.86. The van der Waals surface area contributed by atoms with E-state index in [1.54, 1.807) is 0 Å². The van der Waals surface area contributed by atoms with Crippen molar-refractivity contribution in [2.45, 2.75) is 0 Å². The lowest BCUT2D eigenvalue weighted by Crippen LogP contribution is -1.74. The Balaban J connectivity index is 0. The average molecular weight is 139 g/mol. The Morgan fingerprint density at radius 1 is 1.00 bits per heavy atom. The van der Waals surface area contributed by atoms with Gasteiger partial charge in [-0.05, 0) is 0 Å². The minimum atomic E-state index is -0.389. The van der Waals surface area contributed by atoms with Crippen LogP contribution in [0.4, 0.5) is 0 Å². The summed E-state index contributed by atoms with van der Waals surface area (Å²) in [5, 5.41) is 0. The van der Waals surface area contributed by atoms with Crippen molar-refractivity contribution in [1.29, 1.82) is 0 Å². The van der Waals surface area contributed by atoms with E-state index >= 15 is 0 Å². The minimum absolute atomic E-state index is 0.306. The first-order valence-corrected chi connectivity index (χ1v) is 6.71. The third-order valence-corrected chi connectivity index (χ3v) is 0. The van der Waals surface area contributed by atoms with Crippen LogP contribution in [0.25, 0.3) is 0 Å². The molecule has 0 saturated heterocycles. The molecule has 0 aromatic heterocycles. The van der Waals surface area contributed by atoms with Gasteiger partial charge in [-0.3, -0.25) is 0 Å². The fraction of sp³-hybridized carbons (Fsp3) is 1.00. The number of rotatable bonds is 0. The van der Waals surface area contributed by atoms with E-state index in [9.17, 15) is 0 Å². The van der Waals surface area contributed by atoms with Gasteiger partial charge in [0.25, 0.3) is 0 Å². The first-order chi connectivity index (χ1) is 3.00. The zero-order valence-corrected chi connectivity index (χ0v) is 8.79. The topological polar surface area (TPSA) is 20.2 Å². The molecule has 0 bridgehead atoms. The van der Waals surface area contributed by atoms with Crippen LogP contribution in [0.3, 0.4) is 0 Å². The zero-order chi connectivity index (χ0) is 6.50. The van der Waals surface area contributed by atoms with Crippen LogP contribution >= 0.6 is 7.26 Å². The van der Waals surface area contributed by atoms with E-state index in [4.69, 9.17) is 4.80 Å². The Morgan fingerprint density at radius 3 is 1.00 bits per heavy atom. The molecule has 1 nitrogen and oxygen atoms in total. The van der Waals surface area contributed by atoms with Crippen LogP contribution in [0.15, 0.2) is 0 Å². The molecule has 0 aliphatic carbocycles. The molecule has 0 amide bonds. The zero-order valence-electron chi connectivity index (χ0n) is 5.89. The molecule has 0 unspecified atom stereocenters. The summed E-state index contributed by atoms with van der Waals surface area (Å²) in [5.41, 5.74) is 0. The van der Waals surface area contributed by atoms with Crippen molar-refractivity contribution in [1.82, 2.24) is 0 Å². The number of hydrogen-bond donors (Lipinski definition) is 1. The van der Waals surface area contributed by atoms with E-state index in [0.29, 0.717) is 10.5 Å². The lowest BCUT2D eigenvalue weighted by Gasteiger charge is -1.97. The van der Waals surface area contributed by atoms with Crippen molar-refractivity contribution in [2.24, 2.45) is 0 Å². The maximum absolute atomic E-state index is 7.14. The fourth-order valence-electron chi connectivity index (χ4n) is 0. The standard InChI is InChI=1S/C4H12P.H4OSi/c1-5(2,3)4;1-2/h1-4H3;1H,2H3/q+1;. The lowest BCUT2D eigenvalue weighted by molar-refractivity contribution is 0.629. The summed E-state index contributed by atoms with van der Waals surface area (Å²) in [6.45, 7) is 9.19. The summed E-state index contributed by atoms with van der Waals surface area (Å²) in [4.78, 5) is 7.14. The molecule has 0 fully saturated rings. The van der Waals surface area contributed by atoms with Gasteiger partial charge in [-0.25, -0.2) is 0 Å². The molecule has 0 aromatic rings. The Hall–Kier alpha value is 0.607. The van der Waals surface area contributed by atoms with Crippen LogP contribution in [0.1, 0.15) is 0 Å². The molecule has 0 spiro atoms. The maximum Gasteiger partial charge on any atom is 0.141 e. The van der Waals surface area contributed by atoms with Crippen molar-refractivity contribution in [3.05, 3.63) is 0 Å². The minimum Gasteiger partial charge on any atom is -0.442 e. The Bertz CT molecular complexity index is 27.2. The highest BCUT2D eigenvalue weighted by atomic mass is 31.2. The van der Waals surface area contributed by atoms with Gasteiger partial charge in [0.2, 0.25) is 0 Å². The van der Waals surface area contributed by atoms with Gasteiger partial charge >= 0.3 is 0 Å². The molecule has 0 aromatic carbocycles. The smallest absolute Gasteiger partial charge is 0.141 e. The molecule has 3 heteroatoms. The SMILES string of the molecule is C[P+](C)(C)C.O[SiH3]. The highest BCUT2D eigenvalue weighted by Gasteiger charge is 2.03. The molecular formula is C4H16OPSi+. The summed E-state index contributed by atoms with van der Waals surface area (Å²) in [6.07, 6.45) is 0. The second-order valence-corrected chi connectivity index (χ2v) is 8.05. The van der Waals surface area contributed by atoms with Crippen LogP contribution in [-0.4, -0.2) is 41.9 Å². The van der Waals surface area contributed by atoms with Gasteiger partial charge in [0.1, 0.15) is 10.5 Å². The van der Waals surface area contributed by atoms with Crippen LogP contribution < -0.4 is 0 Å². The van der Waals surface area contributed by atoms with Gasteiger partial charge in [0.15, 0.2) is 0 Å². The van der Waals surface area contributed by atoms with Crippen LogP contribution in [0.5, 0.6) is 0 Å². The summed E-state index contributed by atoms with van der Waals surface area (Å²) in [7, 11) is -0.0833. The van der Waals surface area contributed by atoms with Crippen molar-refractivity contribution >= 4 is 17.7 Å². The Morgan fingerprint density at radius 2 is 1.00 bits per heavy atom. The Labute approximate surface area is 50.0 Å². The molecule has 0 aliphatic heterocycles. The van der Waals surface area contributed by atoms with E-state index in [-0.39, 0.29) is 7.26 Å². The first-order valence-electron chi connectivity index (χ1n) is 2.24. The monoisotopic (exact) mass is 139 g/mol. The molecule has 0 heterocycles. The highest BCUT2D eigenvalue weighted by Crippen LogP contribution is 2.40. The second kappa shape index (κ2) is 4.76. The van der Waals surface area contributed by atoms with Crippen molar-refractivity contribution in [3.63, 3.8) is 0 Å². The van der Waals surface area contributed by atoms with Gasteiger partial charge in [-0.2, -0.15) is 0 Å². The summed E-state index contributed by atoms with van der Waals surface area (Å²) in [5.74, 6) is 0. The van der Waals surface area contributed by atoms with Crippen molar-refractivity contribution < 1.29 is 4.80 Å². The average Bonchev–Trinajstić information content (AvgIpc) is 1.36. The molecular weight excluding hydrogens is 123 g/mol. The quantitative estimate of drug-likeness (QED) is 0.363. The van der Waals surface area contributed by atoms with Crippen molar-refractivity contribution in [2.75, 3.05) is 26.7 Å². The second-order valence-electron chi connectivity index (χ2n) is 2.68. The summed E-state index contributed by atoms with van der Waals surface area (Å²) in [6, 6.07) is 0. The predicted molar refractivity (Wildman–Crippen MR) is 42.8 cm³/mol. The van der Waals surface area contributed by atoms with E-state index in [1.807, 2.05) is 0 Å². The molecule has 7 heavy (non-hydrogen) atoms.